The fourth-order valence-corrected chi connectivity index (χ4v) is 5.78. The first-order valence-electron chi connectivity index (χ1n) is 9.64. The Labute approximate surface area is 172 Å². The number of hydrogen-bond acceptors (Lipinski definition) is 5. The lowest BCUT2D eigenvalue weighted by atomic mass is 9.97. The zero-order valence-corrected chi connectivity index (χ0v) is 17.9. The van der Waals surface area contributed by atoms with Crippen LogP contribution in [0, 0.1) is 5.92 Å². The van der Waals surface area contributed by atoms with Gasteiger partial charge in [-0.3, -0.25) is 4.79 Å². The first-order chi connectivity index (χ1) is 13.3. The van der Waals surface area contributed by atoms with Crippen LogP contribution in [-0.4, -0.2) is 69.9 Å². The Morgan fingerprint density at radius 3 is 2.61 bits per heavy atom. The van der Waals surface area contributed by atoms with Gasteiger partial charge in [0, 0.05) is 24.2 Å². The number of carbonyl (C=O) groups excluding carboxylic acids is 1. The molecule has 156 valence electrons. The van der Waals surface area contributed by atoms with E-state index in [2.05, 4.69) is 17.3 Å². The number of sulfonamides is 1. The molecule has 1 aromatic carbocycles. The van der Waals surface area contributed by atoms with Crippen LogP contribution in [0.2, 0.25) is 5.02 Å². The molecule has 2 aliphatic heterocycles. The molecule has 2 heterocycles. The van der Waals surface area contributed by atoms with Gasteiger partial charge in [0.25, 0.3) is 0 Å². The Morgan fingerprint density at radius 1 is 1.21 bits per heavy atom. The molecule has 0 aliphatic carbocycles. The monoisotopic (exact) mass is 429 g/mol. The lowest BCUT2D eigenvalue weighted by molar-refractivity contribution is -0.127. The lowest BCUT2D eigenvalue weighted by Crippen LogP contribution is -2.49. The number of piperidine rings is 2. The summed E-state index contributed by atoms with van der Waals surface area (Å²) in [7, 11) is -0.295. The van der Waals surface area contributed by atoms with Crippen molar-refractivity contribution < 1.29 is 17.9 Å². The van der Waals surface area contributed by atoms with Gasteiger partial charge in [0.2, 0.25) is 15.9 Å². The number of halogens is 1. The van der Waals surface area contributed by atoms with Gasteiger partial charge in [0.1, 0.15) is 10.6 Å². The van der Waals surface area contributed by atoms with E-state index in [0.29, 0.717) is 24.4 Å². The molecule has 0 unspecified atom stereocenters. The minimum atomic E-state index is -3.80. The third-order valence-electron chi connectivity index (χ3n) is 5.56. The summed E-state index contributed by atoms with van der Waals surface area (Å²) in [6, 6.07) is 4.71. The van der Waals surface area contributed by atoms with Crippen molar-refractivity contribution in [3.63, 3.8) is 0 Å². The predicted octanol–water partition coefficient (Wildman–Crippen LogP) is 1.96. The average Bonchev–Trinajstić information content (AvgIpc) is 2.69. The standard InChI is InChI=1S/C19H28ClN3O4S/c1-22-10-7-16(8-11-22)21-19(24)14-4-3-9-23(13-14)28(25,26)18-12-15(20)5-6-17(18)27-2/h5-6,12,14,16H,3-4,7-11,13H2,1-2H3,(H,21,24)/t14-/m0/s1. The molecule has 7 nitrogen and oxygen atoms in total. The Balaban J connectivity index is 1.70. The van der Waals surface area contributed by atoms with Crippen molar-refractivity contribution in [1.29, 1.82) is 0 Å². The van der Waals surface area contributed by atoms with Crippen molar-refractivity contribution in [2.24, 2.45) is 5.92 Å². The number of amides is 1. The van der Waals surface area contributed by atoms with E-state index >= 15 is 0 Å². The molecule has 1 N–H and O–H groups in total. The maximum Gasteiger partial charge on any atom is 0.246 e. The van der Waals surface area contributed by atoms with Gasteiger partial charge in [-0.05, 0) is 64.0 Å². The molecule has 3 rings (SSSR count). The highest BCUT2D eigenvalue weighted by atomic mass is 35.5. The molecule has 2 fully saturated rings. The smallest absolute Gasteiger partial charge is 0.246 e. The Hall–Kier alpha value is -1.35. The summed E-state index contributed by atoms with van der Waals surface area (Å²) in [6.07, 6.45) is 3.19. The summed E-state index contributed by atoms with van der Waals surface area (Å²) in [5, 5.41) is 3.45. The fourth-order valence-electron chi connectivity index (χ4n) is 3.84. The minimum Gasteiger partial charge on any atom is -0.495 e. The van der Waals surface area contributed by atoms with Crippen molar-refractivity contribution in [2.75, 3.05) is 40.3 Å². The number of likely N-dealkylation sites (tertiary alicyclic amines) is 1. The molecule has 0 radical (unpaired) electrons. The SMILES string of the molecule is COc1ccc(Cl)cc1S(=O)(=O)N1CCC[C@H](C(=O)NC2CCN(C)CC2)C1. The maximum absolute atomic E-state index is 13.2. The zero-order chi connectivity index (χ0) is 20.3. The van der Waals surface area contributed by atoms with E-state index in [-0.39, 0.29) is 35.1 Å². The van der Waals surface area contributed by atoms with Gasteiger partial charge in [0.15, 0.2) is 0 Å². The molecule has 1 amide bonds. The van der Waals surface area contributed by atoms with Crippen LogP contribution in [0.1, 0.15) is 25.7 Å². The number of nitrogens with one attached hydrogen (secondary N) is 1. The van der Waals surface area contributed by atoms with Crippen LogP contribution in [0.15, 0.2) is 23.1 Å². The van der Waals surface area contributed by atoms with Crippen LogP contribution in [0.5, 0.6) is 5.75 Å². The molecule has 1 aromatic rings. The average molecular weight is 430 g/mol. The van der Waals surface area contributed by atoms with Crippen LogP contribution >= 0.6 is 11.6 Å². The molecule has 2 saturated heterocycles. The second-order valence-electron chi connectivity index (χ2n) is 7.58. The number of methoxy groups -OCH3 is 1. The highest BCUT2D eigenvalue weighted by Gasteiger charge is 2.35. The third-order valence-corrected chi connectivity index (χ3v) is 7.68. The molecule has 28 heavy (non-hydrogen) atoms. The van der Waals surface area contributed by atoms with Crippen molar-refractivity contribution in [3.8, 4) is 5.75 Å². The second-order valence-corrected chi connectivity index (χ2v) is 9.93. The summed E-state index contributed by atoms with van der Waals surface area (Å²) in [5.74, 6) is -0.136. The largest absolute Gasteiger partial charge is 0.495 e. The number of hydrogen-bond donors (Lipinski definition) is 1. The summed E-state index contributed by atoms with van der Waals surface area (Å²) in [6.45, 7) is 2.49. The van der Waals surface area contributed by atoms with Crippen molar-refractivity contribution in [2.45, 2.75) is 36.6 Å². The highest BCUT2D eigenvalue weighted by Crippen LogP contribution is 2.32. The van der Waals surface area contributed by atoms with E-state index in [1.54, 1.807) is 12.1 Å². The normalized spacial score (nSPS) is 22.8. The molecular formula is C19H28ClN3O4S. The van der Waals surface area contributed by atoms with Crippen LogP contribution in [-0.2, 0) is 14.8 Å². The van der Waals surface area contributed by atoms with E-state index in [9.17, 15) is 13.2 Å². The Bertz CT molecular complexity index is 809. The van der Waals surface area contributed by atoms with Gasteiger partial charge in [-0.25, -0.2) is 8.42 Å². The number of benzene rings is 1. The molecule has 0 aromatic heterocycles. The van der Waals surface area contributed by atoms with E-state index in [1.807, 2.05) is 0 Å². The predicted molar refractivity (Wildman–Crippen MR) is 108 cm³/mol. The van der Waals surface area contributed by atoms with E-state index < -0.39 is 10.0 Å². The van der Waals surface area contributed by atoms with E-state index in [4.69, 9.17) is 16.3 Å². The fraction of sp³-hybridized carbons (Fsp3) is 0.632. The summed E-state index contributed by atoms with van der Waals surface area (Å²) < 4.78 is 32.9. The van der Waals surface area contributed by atoms with E-state index in [0.717, 1.165) is 25.9 Å². The van der Waals surface area contributed by atoms with Gasteiger partial charge in [-0.1, -0.05) is 11.6 Å². The van der Waals surface area contributed by atoms with Gasteiger partial charge in [0.05, 0.1) is 13.0 Å². The first-order valence-corrected chi connectivity index (χ1v) is 11.5. The topological polar surface area (TPSA) is 79.0 Å². The first kappa shape index (κ1) is 21.4. The van der Waals surface area contributed by atoms with Crippen LogP contribution in [0.4, 0.5) is 0 Å². The van der Waals surface area contributed by atoms with Gasteiger partial charge < -0.3 is 15.0 Å². The Morgan fingerprint density at radius 2 is 1.93 bits per heavy atom. The lowest BCUT2D eigenvalue weighted by Gasteiger charge is -2.34. The molecule has 0 spiro atoms. The minimum absolute atomic E-state index is 0.0406. The van der Waals surface area contributed by atoms with Crippen molar-refractivity contribution in [1.82, 2.24) is 14.5 Å². The quantitative estimate of drug-likeness (QED) is 0.774. The maximum atomic E-state index is 13.2. The molecule has 9 heteroatoms. The number of carbonyl (C=O) groups is 1. The molecule has 0 bridgehead atoms. The molecule has 0 saturated carbocycles. The summed E-state index contributed by atoms with van der Waals surface area (Å²) >= 11 is 6.01. The van der Waals surface area contributed by atoms with Crippen molar-refractivity contribution in [3.05, 3.63) is 23.2 Å². The van der Waals surface area contributed by atoms with Crippen LogP contribution < -0.4 is 10.1 Å². The third kappa shape index (κ3) is 4.79. The van der Waals surface area contributed by atoms with E-state index in [1.165, 1.54) is 17.5 Å². The highest BCUT2D eigenvalue weighted by molar-refractivity contribution is 7.89. The zero-order valence-electron chi connectivity index (χ0n) is 16.4. The molecule has 1 atom stereocenters. The summed E-state index contributed by atoms with van der Waals surface area (Å²) in [5.41, 5.74) is 0. The number of nitrogens with zero attached hydrogens (tertiary/aromatic N) is 2. The number of ether oxygens (including phenoxy) is 1. The van der Waals surface area contributed by atoms with Crippen LogP contribution in [0.3, 0.4) is 0 Å². The van der Waals surface area contributed by atoms with Gasteiger partial charge >= 0.3 is 0 Å². The van der Waals surface area contributed by atoms with Crippen LogP contribution in [0.25, 0.3) is 0 Å². The van der Waals surface area contributed by atoms with Gasteiger partial charge in [-0.2, -0.15) is 4.31 Å². The molecule has 2 aliphatic rings. The second kappa shape index (κ2) is 8.98. The number of rotatable bonds is 5. The summed E-state index contributed by atoms with van der Waals surface area (Å²) in [4.78, 5) is 15.0. The Kier molecular flexibility index (Phi) is 6.85. The van der Waals surface area contributed by atoms with Crippen molar-refractivity contribution >= 4 is 27.5 Å². The molecular weight excluding hydrogens is 402 g/mol. The van der Waals surface area contributed by atoms with Gasteiger partial charge in [-0.15, -0.1) is 0 Å².